The van der Waals surface area contributed by atoms with Crippen molar-refractivity contribution in [1.82, 2.24) is 0 Å². The van der Waals surface area contributed by atoms with Crippen molar-refractivity contribution in [1.29, 1.82) is 0 Å². The van der Waals surface area contributed by atoms with Crippen LogP contribution in [0.3, 0.4) is 0 Å². The van der Waals surface area contributed by atoms with Gasteiger partial charge in [-0.3, -0.25) is 0 Å². The van der Waals surface area contributed by atoms with Gasteiger partial charge in [-0.05, 0) is 42.0 Å². The molecule has 20 heavy (non-hydrogen) atoms. The van der Waals surface area contributed by atoms with Crippen LogP contribution in [0.15, 0.2) is 48.5 Å². The third-order valence-electron chi connectivity index (χ3n) is 5.52. The van der Waals surface area contributed by atoms with Gasteiger partial charge in [0.1, 0.15) is 5.60 Å². The summed E-state index contributed by atoms with van der Waals surface area (Å²) in [5, 5.41) is 0. The predicted octanol–water partition coefficient (Wildman–Crippen LogP) is 4.65. The molecule has 0 aromatic heterocycles. The van der Waals surface area contributed by atoms with Gasteiger partial charge in [-0.15, -0.1) is 0 Å². The van der Waals surface area contributed by atoms with E-state index in [4.69, 9.17) is 4.74 Å². The number of rotatable bonds is 0. The summed E-state index contributed by atoms with van der Waals surface area (Å²) >= 11 is 0. The summed E-state index contributed by atoms with van der Waals surface area (Å²) < 4.78 is 6.36. The summed E-state index contributed by atoms with van der Waals surface area (Å²) in [5.41, 5.74) is 5.37. The van der Waals surface area contributed by atoms with Crippen LogP contribution in [0.25, 0.3) is 11.1 Å². The van der Waals surface area contributed by atoms with Gasteiger partial charge in [0.25, 0.3) is 0 Å². The quantitative estimate of drug-likeness (QED) is 0.673. The Morgan fingerprint density at radius 1 is 0.850 bits per heavy atom. The zero-order valence-corrected chi connectivity index (χ0v) is 12.1. The molecule has 0 amide bonds. The first-order chi connectivity index (χ1) is 9.67. The fourth-order valence-electron chi connectivity index (χ4n) is 4.20. The molecule has 1 nitrogen and oxygen atoms in total. The number of benzene rings is 2. The van der Waals surface area contributed by atoms with Gasteiger partial charge >= 0.3 is 0 Å². The van der Waals surface area contributed by atoms with E-state index in [2.05, 4.69) is 62.4 Å². The van der Waals surface area contributed by atoms with Crippen molar-refractivity contribution < 1.29 is 4.74 Å². The predicted molar refractivity (Wildman–Crippen MR) is 81.8 cm³/mol. The molecular weight excluding hydrogens is 244 g/mol. The van der Waals surface area contributed by atoms with E-state index in [0.717, 1.165) is 13.0 Å². The minimum atomic E-state index is -0.212. The summed E-state index contributed by atoms with van der Waals surface area (Å²) in [6.45, 7) is 5.52. The average molecular weight is 264 g/mol. The van der Waals surface area contributed by atoms with Crippen LogP contribution in [0.2, 0.25) is 0 Å². The Kier molecular flexibility index (Phi) is 2.41. The first-order valence-corrected chi connectivity index (χ1v) is 7.50. The van der Waals surface area contributed by atoms with E-state index in [1.54, 1.807) is 0 Å². The van der Waals surface area contributed by atoms with Crippen LogP contribution < -0.4 is 0 Å². The first kappa shape index (κ1) is 12.2. The van der Waals surface area contributed by atoms with Crippen molar-refractivity contribution in [3.8, 4) is 11.1 Å². The minimum absolute atomic E-state index is 0.0657. The SMILES string of the molecule is C[C@]12CCCO[C@]1(C)c1ccccc1-c1ccccc12. The highest BCUT2D eigenvalue weighted by Gasteiger charge is 2.54. The van der Waals surface area contributed by atoms with Crippen molar-refractivity contribution in [3.63, 3.8) is 0 Å². The second-order valence-electron chi connectivity index (χ2n) is 6.41. The summed E-state index contributed by atoms with van der Waals surface area (Å²) in [5.74, 6) is 0. The number of fused-ring (bicyclic) bond motifs is 6. The van der Waals surface area contributed by atoms with E-state index >= 15 is 0 Å². The highest BCUT2D eigenvalue weighted by atomic mass is 16.5. The van der Waals surface area contributed by atoms with Crippen LogP contribution in [0.4, 0.5) is 0 Å². The molecule has 2 atom stereocenters. The van der Waals surface area contributed by atoms with Crippen molar-refractivity contribution in [2.75, 3.05) is 6.61 Å². The average Bonchev–Trinajstić information content (AvgIpc) is 2.50. The molecule has 2 aliphatic rings. The van der Waals surface area contributed by atoms with Crippen LogP contribution in [-0.2, 0) is 15.8 Å². The topological polar surface area (TPSA) is 9.23 Å². The molecule has 1 aliphatic heterocycles. The molecule has 2 aromatic carbocycles. The van der Waals surface area contributed by atoms with E-state index in [-0.39, 0.29) is 11.0 Å². The van der Waals surface area contributed by atoms with E-state index in [1.165, 1.54) is 28.7 Å². The second kappa shape index (κ2) is 3.95. The van der Waals surface area contributed by atoms with E-state index in [0.29, 0.717) is 0 Å². The lowest BCUT2D eigenvalue weighted by atomic mass is 9.57. The zero-order valence-electron chi connectivity index (χ0n) is 12.1. The van der Waals surface area contributed by atoms with Crippen LogP contribution in [0.5, 0.6) is 0 Å². The summed E-state index contributed by atoms with van der Waals surface area (Å²) in [6.07, 6.45) is 2.33. The Morgan fingerprint density at radius 3 is 2.20 bits per heavy atom. The Bertz CT molecular complexity index is 615. The van der Waals surface area contributed by atoms with Gasteiger partial charge in [-0.2, -0.15) is 0 Å². The molecule has 1 fully saturated rings. The van der Waals surface area contributed by atoms with Crippen LogP contribution in [-0.4, -0.2) is 6.61 Å². The van der Waals surface area contributed by atoms with Crippen LogP contribution in [0, 0.1) is 0 Å². The molecule has 1 heteroatoms. The van der Waals surface area contributed by atoms with Crippen molar-refractivity contribution in [2.45, 2.75) is 37.7 Å². The maximum atomic E-state index is 6.36. The normalized spacial score (nSPS) is 31.1. The highest BCUT2D eigenvalue weighted by Crippen LogP contribution is 2.57. The molecular formula is C19H20O. The molecule has 1 saturated heterocycles. The number of hydrogen-bond acceptors (Lipinski definition) is 1. The van der Waals surface area contributed by atoms with Gasteiger partial charge in [0.2, 0.25) is 0 Å². The lowest BCUT2D eigenvalue weighted by Crippen LogP contribution is -2.52. The van der Waals surface area contributed by atoms with Crippen LogP contribution >= 0.6 is 0 Å². The van der Waals surface area contributed by atoms with Crippen LogP contribution in [0.1, 0.15) is 37.8 Å². The van der Waals surface area contributed by atoms with Gasteiger partial charge in [0.05, 0.1) is 0 Å². The summed E-state index contributed by atoms with van der Waals surface area (Å²) in [4.78, 5) is 0. The van der Waals surface area contributed by atoms with Crippen molar-refractivity contribution in [2.24, 2.45) is 0 Å². The molecule has 4 rings (SSSR count). The molecule has 0 saturated carbocycles. The molecule has 0 bridgehead atoms. The first-order valence-electron chi connectivity index (χ1n) is 7.50. The Labute approximate surface area is 120 Å². The molecule has 0 spiro atoms. The maximum Gasteiger partial charge on any atom is 0.100 e. The molecule has 1 aliphatic carbocycles. The Morgan fingerprint density at radius 2 is 1.45 bits per heavy atom. The molecule has 0 radical (unpaired) electrons. The van der Waals surface area contributed by atoms with Gasteiger partial charge < -0.3 is 4.74 Å². The molecule has 1 heterocycles. The monoisotopic (exact) mass is 264 g/mol. The fraction of sp³-hybridized carbons (Fsp3) is 0.368. The number of hydrogen-bond donors (Lipinski definition) is 0. The lowest BCUT2D eigenvalue weighted by molar-refractivity contribution is -0.126. The zero-order chi connectivity index (χ0) is 13.8. The Hall–Kier alpha value is -1.60. The largest absolute Gasteiger partial charge is 0.370 e. The molecule has 0 unspecified atom stereocenters. The number of ether oxygens (including phenoxy) is 1. The van der Waals surface area contributed by atoms with E-state index in [1.807, 2.05) is 0 Å². The van der Waals surface area contributed by atoms with Gasteiger partial charge in [-0.1, -0.05) is 55.5 Å². The van der Waals surface area contributed by atoms with Crippen molar-refractivity contribution >= 4 is 0 Å². The minimum Gasteiger partial charge on any atom is -0.370 e. The van der Waals surface area contributed by atoms with Gasteiger partial charge in [-0.25, -0.2) is 0 Å². The standard InChI is InChI=1S/C19H20O/c1-18-12-7-13-20-19(18,2)17-11-6-4-9-15(17)14-8-3-5-10-16(14)18/h3-6,8-11H,7,12-13H2,1-2H3/t18-,19-/m1/s1. The van der Waals surface area contributed by atoms with Crippen molar-refractivity contribution in [3.05, 3.63) is 59.7 Å². The van der Waals surface area contributed by atoms with E-state index in [9.17, 15) is 0 Å². The molecule has 102 valence electrons. The smallest absolute Gasteiger partial charge is 0.100 e. The van der Waals surface area contributed by atoms with Gasteiger partial charge in [0, 0.05) is 12.0 Å². The summed E-state index contributed by atoms with van der Waals surface area (Å²) in [7, 11) is 0. The van der Waals surface area contributed by atoms with Gasteiger partial charge in [0.15, 0.2) is 0 Å². The highest BCUT2D eigenvalue weighted by molar-refractivity contribution is 5.77. The third kappa shape index (κ3) is 1.31. The van der Waals surface area contributed by atoms with E-state index < -0.39 is 0 Å². The fourth-order valence-corrected chi connectivity index (χ4v) is 4.20. The summed E-state index contributed by atoms with van der Waals surface area (Å²) in [6, 6.07) is 17.6. The molecule has 2 aromatic rings. The molecule has 0 N–H and O–H groups in total. The maximum absolute atomic E-state index is 6.36. The third-order valence-corrected chi connectivity index (χ3v) is 5.52. The second-order valence-corrected chi connectivity index (χ2v) is 6.41. The Balaban J connectivity index is 2.10. The lowest BCUT2D eigenvalue weighted by Gasteiger charge is -2.54.